The van der Waals surface area contributed by atoms with Crippen molar-refractivity contribution in [1.82, 2.24) is 15.2 Å². The Kier molecular flexibility index (Phi) is 7.01. The Morgan fingerprint density at radius 1 is 0.909 bits per heavy atom. The molecule has 1 saturated heterocycles. The third-order valence-electron chi connectivity index (χ3n) is 8.92. The molecule has 0 unspecified atom stereocenters. The number of aromatic amines is 1. The number of carbonyl (C=O) groups excluding carboxylic acids is 3. The molecule has 7 rings (SSSR count). The second-order valence-electron chi connectivity index (χ2n) is 11.9. The van der Waals surface area contributed by atoms with Crippen LogP contribution in [0.4, 0.5) is 10.5 Å². The van der Waals surface area contributed by atoms with Crippen LogP contribution in [0.1, 0.15) is 57.7 Å². The van der Waals surface area contributed by atoms with Crippen LogP contribution in [0.3, 0.4) is 0 Å². The molecule has 0 bridgehead atoms. The maximum absolute atomic E-state index is 14.1. The van der Waals surface area contributed by atoms with E-state index in [9.17, 15) is 14.4 Å². The van der Waals surface area contributed by atoms with Gasteiger partial charge in [0.1, 0.15) is 12.1 Å². The summed E-state index contributed by atoms with van der Waals surface area (Å²) in [7, 11) is 0. The van der Waals surface area contributed by atoms with Crippen molar-refractivity contribution in [2.24, 2.45) is 0 Å². The smallest absolute Gasteiger partial charge is 0.332 e. The molecule has 1 aromatic heterocycles. The molecule has 0 aliphatic carbocycles. The second kappa shape index (κ2) is 11.2. The molecule has 1 fully saturated rings. The molecule has 4 aromatic carbocycles. The summed E-state index contributed by atoms with van der Waals surface area (Å²) in [6.07, 6.45) is 2.13. The van der Waals surface area contributed by atoms with Gasteiger partial charge in [0, 0.05) is 34.6 Å². The van der Waals surface area contributed by atoms with Crippen LogP contribution in [0, 0.1) is 6.92 Å². The normalized spacial score (nSPS) is 18.3. The number of imide groups is 1. The van der Waals surface area contributed by atoms with Crippen molar-refractivity contribution >= 4 is 34.4 Å². The molecule has 0 saturated carbocycles. The summed E-state index contributed by atoms with van der Waals surface area (Å²) < 4.78 is 0. The van der Waals surface area contributed by atoms with E-state index >= 15 is 0 Å². The lowest BCUT2D eigenvalue weighted by atomic mass is 9.88. The largest absolute Gasteiger partial charge is 0.356 e. The molecule has 0 radical (unpaired) electrons. The molecule has 2 aliphatic rings. The van der Waals surface area contributed by atoms with Gasteiger partial charge in [-0.25, -0.2) is 9.69 Å². The molecule has 44 heavy (non-hydrogen) atoms. The number of hydrogen-bond acceptors (Lipinski definition) is 3. The van der Waals surface area contributed by atoms with Gasteiger partial charge in [-0.05, 0) is 73.7 Å². The number of H-pyrrole nitrogens is 1. The highest BCUT2D eigenvalue weighted by Gasteiger charge is 2.53. The zero-order valence-electron chi connectivity index (χ0n) is 24.8. The molecule has 4 amide bonds. The minimum atomic E-state index is -0.631. The molecule has 7 heteroatoms. The van der Waals surface area contributed by atoms with Crippen molar-refractivity contribution in [2.75, 3.05) is 4.90 Å². The molecular formula is C37H34N4O3. The third-order valence-corrected chi connectivity index (χ3v) is 8.92. The fourth-order valence-corrected chi connectivity index (χ4v) is 6.58. The number of urea groups is 1. The lowest BCUT2D eigenvalue weighted by molar-refractivity contribution is -0.120. The van der Waals surface area contributed by atoms with E-state index in [-0.39, 0.29) is 23.9 Å². The fraction of sp³-hybridized carbons (Fsp3) is 0.216. The maximum Gasteiger partial charge on any atom is 0.332 e. The number of para-hydroxylation sites is 1. The van der Waals surface area contributed by atoms with Crippen molar-refractivity contribution < 1.29 is 14.4 Å². The molecule has 7 nitrogen and oxygen atoms in total. The number of nitrogens with zero attached hydrogens (tertiary/aromatic N) is 2. The number of aromatic nitrogens is 1. The van der Waals surface area contributed by atoms with Crippen LogP contribution in [-0.4, -0.2) is 39.8 Å². The number of carbonyl (C=O) groups is 3. The number of fused-ring (bicyclic) bond motifs is 4. The Labute approximate surface area is 256 Å². The van der Waals surface area contributed by atoms with Crippen LogP contribution in [0.2, 0.25) is 0 Å². The fourth-order valence-electron chi connectivity index (χ4n) is 6.58. The average Bonchev–Trinajstić information content (AvgIpc) is 3.54. The van der Waals surface area contributed by atoms with E-state index in [0.717, 1.165) is 46.1 Å². The van der Waals surface area contributed by atoms with Crippen LogP contribution >= 0.6 is 0 Å². The summed E-state index contributed by atoms with van der Waals surface area (Å²) in [5.41, 5.74) is 7.26. The van der Waals surface area contributed by atoms with Crippen LogP contribution in [0.25, 0.3) is 10.9 Å². The first-order valence-electron chi connectivity index (χ1n) is 15.2. The molecule has 2 aliphatic heterocycles. The summed E-state index contributed by atoms with van der Waals surface area (Å²) in [6, 6.07) is 31.7. The van der Waals surface area contributed by atoms with E-state index in [1.165, 1.54) is 10.5 Å². The number of anilines is 1. The van der Waals surface area contributed by atoms with Gasteiger partial charge >= 0.3 is 6.03 Å². The summed E-state index contributed by atoms with van der Waals surface area (Å²) in [6.45, 7) is 4.03. The highest BCUT2D eigenvalue weighted by molar-refractivity contribution is 6.22. The zero-order valence-corrected chi connectivity index (χ0v) is 24.8. The van der Waals surface area contributed by atoms with Gasteiger partial charge < -0.3 is 10.3 Å². The molecule has 0 spiro atoms. The Morgan fingerprint density at radius 3 is 2.36 bits per heavy atom. The maximum atomic E-state index is 14.1. The van der Waals surface area contributed by atoms with Gasteiger partial charge in [-0.15, -0.1) is 0 Å². The van der Waals surface area contributed by atoms with Crippen LogP contribution in [-0.2, 0) is 17.6 Å². The van der Waals surface area contributed by atoms with E-state index in [1.54, 1.807) is 29.2 Å². The Morgan fingerprint density at radius 2 is 1.61 bits per heavy atom. The summed E-state index contributed by atoms with van der Waals surface area (Å²) in [5.74, 6) is -0.437. The number of aryl methyl sites for hydroxylation is 2. The first kappa shape index (κ1) is 27.7. The SMILES string of the molecule is Cc1ccc([C@H]2c3[nH]c4ccccc4c3C[C@H]3C(=O)N(c4ccc(C(=O)N[C@@H](C)CCc5ccccc5)cc4)C(=O)N23)cc1. The monoisotopic (exact) mass is 582 g/mol. The third kappa shape index (κ3) is 4.84. The molecule has 3 heterocycles. The van der Waals surface area contributed by atoms with Crippen LogP contribution in [0.5, 0.6) is 0 Å². The van der Waals surface area contributed by atoms with E-state index in [0.29, 0.717) is 17.7 Å². The lowest BCUT2D eigenvalue weighted by Gasteiger charge is -2.36. The minimum absolute atomic E-state index is 0.00746. The molecule has 220 valence electrons. The van der Waals surface area contributed by atoms with E-state index in [1.807, 2.05) is 74.5 Å². The zero-order chi connectivity index (χ0) is 30.4. The highest BCUT2D eigenvalue weighted by Crippen LogP contribution is 2.44. The van der Waals surface area contributed by atoms with Gasteiger partial charge in [-0.3, -0.25) is 14.5 Å². The molecular weight excluding hydrogens is 548 g/mol. The second-order valence-corrected chi connectivity index (χ2v) is 11.9. The highest BCUT2D eigenvalue weighted by atomic mass is 16.2. The predicted molar refractivity (Wildman–Crippen MR) is 172 cm³/mol. The molecule has 3 atom stereocenters. The minimum Gasteiger partial charge on any atom is -0.356 e. The first-order chi connectivity index (χ1) is 21.4. The standard InChI is InChI=1S/C37H34N4O3/c1-23-12-16-26(17-13-23)34-33-30(29-10-6-7-11-31(29)39-33)22-32-36(43)40(37(44)41(32)34)28-20-18-27(19-21-28)35(42)38-24(2)14-15-25-8-4-3-5-9-25/h3-13,16-21,24,32,34,39H,14-15,22H2,1-2H3,(H,38,42)/t24-,32-,34-/m0/s1. The van der Waals surface area contributed by atoms with Crippen molar-refractivity contribution in [1.29, 1.82) is 0 Å². The molecule has 2 N–H and O–H groups in total. The molecule has 5 aromatic rings. The first-order valence-corrected chi connectivity index (χ1v) is 15.2. The van der Waals surface area contributed by atoms with Crippen LogP contribution in [0.15, 0.2) is 103 Å². The quantitative estimate of drug-likeness (QED) is 0.209. The Hall–Kier alpha value is -5.17. The van der Waals surface area contributed by atoms with Gasteiger partial charge in [0.05, 0.1) is 5.69 Å². The van der Waals surface area contributed by atoms with Gasteiger partial charge in [-0.2, -0.15) is 0 Å². The summed E-state index contributed by atoms with van der Waals surface area (Å²) >= 11 is 0. The predicted octanol–water partition coefficient (Wildman–Crippen LogP) is 6.71. The van der Waals surface area contributed by atoms with Crippen molar-refractivity contribution in [3.8, 4) is 0 Å². The number of hydrogen-bond donors (Lipinski definition) is 2. The van der Waals surface area contributed by atoms with Gasteiger partial charge in [0.25, 0.3) is 11.8 Å². The van der Waals surface area contributed by atoms with Crippen molar-refractivity contribution in [3.63, 3.8) is 0 Å². The van der Waals surface area contributed by atoms with Gasteiger partial charge in [0.2, 0.25) is 0 Å². The lowest BCUT2D eigenvalue weighted by Crippen LogP contribution is -2.44. The van der Waals surface area contributed by atoms with Gasteiger partial charge in [0.15, 0.2) is 0 Å². The number of benzene rings is 4. The average molecular weight is 583 g/mol. The van der Waals surface area contributed by atoms with Crippen LogP contribution < -0.4 is 10.2 Å². The Balaban J connectivity index is 1.13. The summed E-state index contributed by atoms with van der Waals surface area (Å²) in [5, 5.41) is 4.14. The van der Waals surface area contributed by atoms with Gasteiger partial charge in [-0.1, -0.05) is 78.4 Å². The van der Waals surface area contributed by atoms with E-state index in [4.69, 9.17) is 0 Å². The van der Waals surface area contributed by atoms with E-state index < -0.39 is 12.1 Å². The number of nitrogens with one attached hydrogen (secondary N) is 2. The topological polar surface area (TPSA) is 85.5 Å². The van der Waals surface area contributed by atoms with Crippen molar-refractivity contribution in [3.05, 3.63) is 137 Å². The summed E-state index contributed by atoms with van der Waals surface area (Å²) in [4.78, 5) is 47.6. The van der Waals surface area contributed by atoms with E-state index in [2.05, 4.69) is 28.5 Å². The number of rotatable bonds is 7. The number of amides is 4. The van der Waals surface area contributed by atoms with Crippen molar-refractivity contribution in [2.45, 2.75) is 51.2 Å². The Bertz CT molecular complexity index is 1860.